The van der Waals surface area contributed by atoms with Crippen LogP contribution in [0.2, 0.25) is 0 Å². The van der Waals surface area contributed by atoms with Crippen LogP contribution in [0.1, 0.15) is 31.0 Å². The van der Waals surface area contributed by atoms with Crippen LogP contribution in [-0.2, 0) is 6.54 Å². The fraction of sp³-hybridized carbons (Fsp3) is 0.333. The largest absolute Gasteiger partial charge is 0.395 e. The second-order valence-corrected chi connectivity index (χ2v) is 5.97. The maximum atomic E-state index is 9.12. The van der Waals surface area contributed by atoms with Crippen LogP contribution in [0.25, 0.3) is 16.7 Å². The van der Waals surface area contributed by atoms with Gasteiger partial charge in [0.15, 0.2) is 0 Å². The van der Waals surface area contributed by atoms with Gasteiger partial charge >= 0.3 is 0 Å². The lowest BCUT2D eigenvalue weighted by molar-refractivity contribution is 0.278. The van der Waals surface area contributed by atoms with Gasteiger partial charge in [-0.2, -0.15) is 0 Å². The van der Waals surface area contributed by atoms with Crippen LogP contribution in [0, 0.1) is 0 Å². The first-order valence-corrected chi connectivity index (χ1v) is 8.11. The average molecular weight is 308 g/mol. The van der Waals surface area contributed by atoms with E-state index in [4.69, 9.17) is 5.11 Å². The number of rotatable bonds is 4. The minimum atomic E-state index is 0.119. The van der Waals surface area contributed by atoms with Gasteiger partial charge in [0.05, 0.1) is 24.0 Å². The zero-order chi connectivity index (χ0) is 15.6. The highest BCUT2D eigenvalue weighted by molar-refractivity contribution is 5.77. The summed E-state index contributed by atoms with van der Waals surface area (Å²) in [7, 11) is 0. The van der Waals surface area contributed by atoms with Crippen molar-refractivity contribution >= 4 is 11.0 Å². The van der Waals surface area contributed by atoms with Crippen molar-refractivity contribution in [2.24, 2.45) is 0 Å². The van der Waals surface area contributed by atoms with E-state index in [1.165, 1.54) is 0 Å². The van der Waals surface area contributed by atoms with Gasteiger partial charge in [-0.05, 0) is 37.5 Å². The molecule has 4 rings (SSSR count). The van der Waals surface area contributed by atoms with E-state index in [1.54, 1.807) is 6.33 Å². The van der Waals surface area contributed by atoms with Gasteiger partial charge in [0.2, 0.25) is 0 Å². The Hall–Kier alpha value is -2.40. The molecule has 0 bridgehead atoms. The average Bonchev–Trinajstić information content (AvgIpc) is 3.23. The molecule has 1 aromatic carbocycles. The summed E-state index contributed by atoms with van der Waals surface area (Å²) in [4.78, 5) is 9.06. The molecule has 1 atom stereocenters. The Morgan fingerprint density at radius 1 is 1.22 bits per heavy atom. The number of benzene rings is 1. The summed E-state index contributed by atoms with van der Waals surface area (Å²) in [6.45, 7) is 0.689. The van der Waals surface area contributed by atoms with Crippen molar-refractivity contribution in [2.45, 2.75) is 31.7 Å². The maximum Gasteiger partial charge on any atom is 0.116 e. The Balaban J connectivity index is 1.72. The van der Waals surface area contributed by atoms with Gasteiger partial charge in [-0.25, -0.2) is 9.97 Å². The molecule has 1 unspecified atom stereocenters. The van der Waals surface area contributed by atoms with Crippen molar-refractivity contribution in [3.8, 4) is 5.69 Å². The Morgan fingerprint density at radius 3 is 3.00 bits per heavy atom. The Morgan fingerprint density at radius 2 is 2.17 bits per heavy atom. The van der Waals surface area contributed by atoms with Crippen LogP contribution < -0.4 is 0 Å². The number of aliphatic hydroxyl groups is 1. The Bertz CT molecular complexity index is 846. The SMILES string of the molecule is OCCn1cnc2cc(-n3ccnc3C3CC=CCC3)ccc21. The van der Waals surface area contributed by atoms with Crippen molar-refractivity contribution in [3.05, 3.63) is 54.9 Å². The summed E-state index contributed by atoms with van der Waals surface area (Å²) >= 11 is 0. The van der Waals surface area contributed by atoms with Crippen LogP contribution in [0.5, 0.6) is 0 Å². The van der Waals surface area contributed by atoms with Crippen LogP contribution in [0.4, 0.5) is 0 Å². The second kappa shape index (κ2) is 6.01. The van der Waals surface area contributed by atoms with Gasteiger partial charge in [-0.1, -0.05) is 12.2 Å². The lowest BCUT2D eigenvalue weighted by atomic mass is 9.93. The molecular formula is C18H20N4O. The molecule has 3 aromatic rings. The summed E-state index contributed by atoms with van der Waals surface area (Å²) in [5.41, 5.74) is 3.08. The quantitative estimate of drug-likeness (QED) is 0.754. The molecule has 23 heavy (non-hydrogen) atoms. The molecule has 2 heterocycles. The number of nitrogens with zero attached hydrogens (tertiary/aromatic N) is 4. The summed E-state index contributed by atoms with van der Waals surface area (Å²) < 4.78 is 4.15. The van der Waals surface area contributed by atoms with Gasteiger partial charge in [-0.15, -0.1) is 0 Å². The third kappa shape index (κ3) is 2.57. The van der Waals surface area contributed by atoms with Crippen molar-refractivity contribution in [1.82, 2.24) is 19.1 Å². The molecule has 118 valence electrons. The highest BCUT2D eigenvalue weighted by Gasteiger charge is 2.18. The van der Waals surface area contributed by atoms with Gasteiger partial charge in [0, 0.05) is 30.5 Å². The number of aliphatic hydroxyl groups excluding tert-OH is 1. The number of hydrogen-bond acceptors (Lipinski definition) is 3. The van der Waals surface area contributed by atoms with Crippen LogP contribution in [0.15, 0.2) is 49.1 Å². The normalized spacial score (nSPS) is 17.9. The van der Waals surface area contributed by atoms with Crippen molar-refractivity contribution < 1.29 is 5.11 Å². The Kier molecular flexibility index (Phi) is 3.71. The molecule has 1 aliphatic carbocycles. The number of aromatic nitrogens is 4. The van der Waals surface area contributed by atoms with E-state index in [9.17, 15) is 0 Å². The zero-order valence-corrected chi connectivity index (χ0v) is 13.0. The maximum absolute atomic E-state index is 9.12. The van der Waals surface area contributed by atoms with E-state index in [2.05, 4.69) is 44.9 Å². The van der Waals surface area contributed by atoms with E-state index in [-0.39, 0.29) is 6.61 Å². The summed E-state index contributed by atoms with van der Waals surface area (Å²) in [5.74, 6) is 1.61. The van der Waals surface area contributed by atoms with Gasteiger partial charge in [0.25, 0.3) is 0 Å². The third-order valence-corrected chi connectivity index (χ3v) is 4.53. The molecular weight excluding hydrogens is 288 g/mol. The third-order valence-electron chi connectivity index (χ3n) is 4.53. The first-order chi connectivity index (χ1) is 11.4. The zero-order valence-electron chi connectivity index (χ0n) is 13.0. The molecule has 1 N–H and O–H groups in total. The highest BCUT2D eigenvalue weighted by Crippen LogP contribution is 2.30. The molecule has 0 fully saturated rings. The van der Waals surface area contributed by atoms with Crippen molar-refractivity contribution in [3.63, 3.8) is 0 Å². The monoisotopic (exact) mass is 308 g/mol. The fourth-order valence-electron chi connectivity index (χ4n) is 3.35. The minimum absolute atomic E-state index is 0.119. The topological polar surface area (TPSA) is 55.9 Å². The smallest absolute Gasteiger partial charge is 0.116 e. The second-order valence-electron chi connectivity index (χ2n) is 5.97. The van der Waals surface area contributed by atoms with Crippen molar-refractivity contribution in [1.29, 1.82) is 0 Å². The van der Waals surface area contributed by atoms with E-state index in [0.717, 1.165) is 41.8 Å². The first kappa shape index (κ1) is 14.2. The molecule has 0 spiro atoms. The van der Waals surface area contributed by atoms with Crippen molar-refractivity contribution in [2.75, 3.05) is 6.61 Å². The summed E-state index contributed by atoms with van der Waals surface area (Å²) in [6.07, 6.45) is 13.5. The van der Waals surface area contributed by atoms with Crippen LogP contribution in [-0.4, -0.2) is 30.8 Å². The van der Waals surface area contributed by atoms with Crippen LogP contribution in [0.3, 0.4) is 0 Å². The molecule has 0 radical (unpaired) electrons. The molecule has 0 saturated heterocycles. The summed E-state index contributed by atoms with van der Waals surface area (Å²) in [5, 5.41) is 9.12. The number of hydrogen-bond donors (Lipinski definition) is 1. The lowest BCUT2D eigenvalue weighted by Gasteiger charge is -2.19. The van der Waals surface area contributed by atoms with E-state index in [1.807, 2.05) is 17.0 Å². The molecule has 5 heteroatoms. The molecule has 5 nitrogen and oxygen atoms in total. The fourth-order valence-corrected chi connectivity index (χ4v) is 3.35. The molecule has 2 aromatic heterocycles. The number of fused-ring (bicyclic) bond motifs is 1. The Labute approximate surface area is 134 Å². The molecule has 0 amide bonds. The van der Waals surface area contributed by atoms with E-state index in [0.29, 0.717) is 12.5 Å². The molecule has 1 aliphatic rings. The highest BCUT2D eigenvalue weighted by atomic mass is 16.3. The van der Waals surface area contributed by atoms with Crippen LogP contribution >= 0.6 is 0 Å². The van der Waals surface area contributed by atoms with E-state index < -0.39 is 0 Å². The minimum Gasteiger partial charge on any atom is -0.395 e. The lowest BCUT2D eigenvalue weighted by Crippen LogP contribution is -2.09. The predicted octanol–water partition coefficient (Wildman–Crippen LogP) is 3.04. The van der Waals surface area contributed by atoms with Gasteiger partial charge < -0.3 is 14.2 Å². The predicted molar refractivity (Wildman–Crippen MR) is 89.7 cm³/mol. The number of allylic oxidation sites excluding steroid dienone is 2. The van der Waals surface area contributed by atoms with E-state index >= 15 is 0 Å². The van der Waals surface area contributed by atoms with Gasteiger partial charge in [-0.3, -0.25) is 0 Å². The summed E-state index contributed by atoms with van der Waals surface area (Å²) in [6, 6.07) is 6.26. The molecule has 0 aliphatic heterocycles. The van der Waals surface area contributed by atoms with Gasteiger partial charge in [0.1, 0.15) is 5.82 Å². The number of imidazole rings is 2. The standard InChI is InChI=1S/C18H20N4O/c23-11-10-21-13-20-16-12-15(6-7-17(16)21)22-9-8-19-18(22)14-4-2-1-3-5-14/h1-2,6-9,12-14,23H,3-5,10-11H2. The molecule has 0 saturated carbocycles. The first-order valence-electron chi connectivity index (χ1n) is 8.11.